The molecule has 2 aromatic rings. The second-order valence-electron chi connectivity index (χ2n) is 5.36. The molecule has 2 aromatic carbocycles. The number of hydrogen-bond acceptors (Lipinski definition) is 4. The van der Waals surface area contributed by atoms with Gasteiger partial charge in [-0.2, -0.15) is 5.26 Å². The molecule has 1 aliphatic heterocycles. The number of sulfone groups is 1. The largest absolute Gasteiger partial charge is 0.313 e. The second kappa shape index (κ2) is 5.21. The molecule has 0 spiro atoms. The van der Waals surface area contributed by atoms with E-state index in [2.05, 4.69) is 0 Å². The van der Waals surface area contributed by atoms with Gasteiger partial charge in [-0.1, -0.05) is 18.2 Å². The van der Waals surface area contributed by atoms with E-state index in [-0.39, 0.29) is 5.69 Å². The maximum Gasteiger partial charge on any atom is 0.223 e. The minimum Gasteiger partial charge on any atom is -0.313 e. The Morgan fingerprint density at radius 1 is 1.13 bits per heavy atom. The highest BCUT2D eigenvalue weighted by Gasteiger charge is 2.35. The Hall–Kier alpha value is -2.65. The smallest absolute Gasteiger partial charge is 0.223 e. The topological polar surface area (TPSA) is 61.2 Å². The molecule has 0 N–H and O–H groups in total. The van der Waals surface area contributed by atoms with Crippen LogP contribution in [0.4, 0.5) is 15.8 Å². The van der Waals surface area contributed by atoms with E-state index < -0.39 is 25.5 Å². The van der Waals surface area contributed by atoms with Crippen molar-refractivity contribution in [1.82, 2.24) is 0 Å². The Balaban J connectivity index is 2.38. The predicted octanol–water partition coefficient (Wildman–Crippen LogP) is 3.73. The predicted molar refractivity (Wildman–Crippen MR) is 85.3 cm³/mol. The van der Waals surface area contributed by atoms with Gasteiger partial charge in [0.2, 0.25) is 9.84 Å². The lowest BCUT2D eigenvalue weighted by molar-refractivity contribution is 0.570. The van der Waals surface area contributed by atoms with E-state index in [1.165, 1.54) is 18.3 Å². The van der Waals surface area contributed by atoms with Gasteiger partial charge in [0.15, 0.2) is 4.91 Å². The highest BCUT2D eigenvalue weighted by molar-refractivity contribution is 7.95. The average molecular weight is 328 g/mol. The number of fused-ring (bicyclic) bond motifs is 1. The van der Waals surface area contributed by atoms with Crippen LogP contribution in [0.1, 0.15) is 11.1 Å². The molecular weight excluding hydrogens is 315 g/mol. The number of aryl methyl sites for hydroxylation is 2. The van der Waals surface area contributed by atoms with Crippen molar-refractivity contribution in [2.75, 3.05) is 4.90 Å². The highest BCUT2D eigenvalue weighted by atomic mass is 32.2. The van der Waals surface area contributed by atoms with Crippen LogP contribution in [0.5, 0.6) is 0 Å². The first-order valence-corrected chi connectivity index (χ1v) is 8.36. The number of hydrogen-bond donors (Lipinski definition) is 0. The molecular formula is C17H13FN2O2S. The lowest BCUT2D eigenvalue weighted by Crippen LogP contribution is -2.23. The fraction of sp³-hybridized carbons (Fsp3) is 0.118. The summed E-state index contributed by atoms with van der Waals surface area (Å²) in [5.41, 5.74) is 2.78. The first-order valence-electron chi connectivity index (χ1n) is 6.88. The van der Waals surface area contributed by atoms with Gasteiger partial charge in [-0.05, 0) is 43.2 Å². The number of nitriles is 1. The lowest BCUT2D eigenvalue weighted by Gasteiger charge is -2.29. The van der Waals surface area contributed by atoms with Crippen molar-refractivity contribution in [1.29, 1.82) is 5.26 Å². The van der Waals surface area contributed by atoms with Gasteiger partial charge < -0.3 is 4.90 Å². The average Bonchev–Trinajstić information content (AvgIpc) is 2.50. The van der Waals surface area contributed by atoms with Crippen LogP contribution in [0.25, 0.3) is 0 Å². The van der Waals surface area contributed by atoms with E-state index in [1.54, 1.807) is 11.0 Å². The zero-order valence-corrected chi connectivity index (χ0v) is 13.4. The van der Waals surface area contributed by atoms with E-state index in [4.69, 9.17) is 0 Å². The third-order valence-corrected chi connectivity index (χ3v) is 5.46. The zero-order chi connectivity index (χ0) is 16.8. The fourth-order valence-corrected chi connectivity index (χ4v) is 3.94. The molecule has 0 unspecified atom stereocenters. The Kier molecular flexibility index (Phi) is 3.46. The van der Waals surface area contributed by atoms with E-state index in [0.29, 0.717) is 5.69 Å². The Bertz CT molecular complexity index is 988. The lowest BCUT2D eigenvalue weighted by atomic mass is 10.1. The van der Waals surface area contributed by atoms with Gasteiger partial charge in [-0.3, -0.25) is 0 Å². The molecule has 0 saturated carbocycles. The number of allylic oxidation sites excluding steroid dienone is 1. The molecule has 4 nitrogen and oxygen atoms in total. The van der Waals surface area contributed by atoms with Crippen LogP contribution in [0.15, 0.2) is 52.4 Å². The number of benzene rings is 2. The molecule has 0 fully saturated rings. The van der Waals surface area contributed by atoms with Crippen molar-refractivity contribution >= 4 is 21.2 Å². The van der Waals surface area contributed by atoms with E-state index >= 15 is 0 Å². The molecule has 0 saturated heterocycles. The number of anilines is 2. The molecule has 0 atom stereocenters. The Morgan fingerprint density at radius 3 is 2.57 bits per heavy atom. The third kappa shape index (κ3) is 2.30. The van der Waals surface area contributed by atoms with Gasteiger partial charge in [0.05, 0.1) is 5.69 Å². The summed E-state index contributed by atoms with van der Waals surface area (Å²) < 4.78 is 39.1. The summed E-state index contributed by atoms with van der Waals surface area (Å²) in [6.45, 7) is 3.78. The van der Waals surface area contributed by atoms with Crippen molar-refractivity contribution in [3.63, 3.8) is 0 Å². The molecule has 0 bridgehead atoms. The number of halogens is 1. The van der Waals surface area contributed by atoms with Crippen LogP contribution < -0.4 is 4.90 Å². The molecule has 0 radical (unpaired) electrons. The van der Waals surface area contributed by atoms with Crippen molar-refractivity contribution in [2.24, 2.45) is 0 Å². The van der Waals surface area contributed by atoms with Crippen LogP contribution in [0.3, 0.4) is 0 Å². The summed E-state index contributed by atoms with van der Waals surface area (Å²) in [6.07, 6.45) is 1.25. The Morgan fingerprint density at radius 2 is 1.87 bits per heavy atom. The van der Waals surface area contributed by atoms with Gasteiger partial charge in [-0.15, -0.1) is 0 Å². The summed E-state index contributed by atoms with van der Waals surface area (Å²) in [6, 6.07) is 11.4. The molecule has 3 rings (SSSR count). The monoisotopic (exact) mass is 328 g/mol. The van der Waals surface area contributed by atoms with Crippen molar-refractivity contribution in [2.45, 2.75) is 18.7 Å². The van der Waals surface area contributed by atoms with Crippen molar-refractivity contribution < 1.29 is 12.8 Å². The van der Waals surface area contributed by atoms with E-state index in [9.17, 15) is 18.1 Å². The summed E-state index contributed by atoms with van der Waals surface area (Å²) >= 11 is 0. The molecule has 0 aromatic heterocycles. The maximum absolute atomic E-state index is 14.2. The van der Waals surface area contributed by atoms with Gasteiger partial charge >= 0.3 is 0 Å². The molecule has 0 aliphatic carbocycles. The van der Waals surface area contributed by atoms with E-state index in [1.807, 2.05) is 32.0 Å². The van der Waals surface area contributed by atoms with Gasteiger partial charge in [0.1, 0.15) is 16.8 Å². The fourth-order valence-electron chi connectivity index (χ4n) is 2.59. The molecule has 0 amide bonds. The summed E-state index contributed by atoms with van der Waals surface area (Å²) in [7, 11) is -4.14. The van der Waals surface area contributed by atoms with Crippen LogP contribution in [0.2, 0.25) is 0 Å². The molecule has 1 aliphatic rings. The summed E-state index contributed by atoms with van der Waals surface area (Å²) in [5, 5.41) is 9.19. The minimum atomic E-state index is -4.14. The third-order valence-electron chi connectivity index (χ3n) is 3.74. The highest BCUT2D eigenvalue weighted by Crippen LogP contribution is 2.41. The summed E-state index contributed by atoms with van der Waals surface area (Å²) in [5.74, 6) is -0.862. The molecule has 6 heteroatoms. The normalized spacial score (nSPS) is 15.6. The number of rotatable bonds is 1. The van der Waals surface area contributed by atoms with Gasteiger partial charge in [0, 0.05) is 11.9 Å². The van der Waals surface area contributed by atoms with Crippen molar-refractivity contribution in [3.05, 3.63) is 64.4 Å². The van der Waals surface area contributed by atoms with E-state index in [0.717, 1.165) is 17.2 Å². The number of nitrogens with zero attached hydrogens (tertiary/aromatic N) is 2. The van der Waals surface area contributed by atoms with Crippen molar-refractivity contribution in [3.8, 4) is 6.07 Å². The Labute approximate surface area is 134 Å². The minimum absolute atomic E-state index is 0.206. The quantitative estimate of drug-likeness (QED) is 0.800. The zero-order valence-electron chi connectivity index (χ0n) is 12.5. The standard InChI is InChI=1S/C17H13FN2O2S/c1-11-6-7-12(2)16(8-11)20-10-13(9-19)23(21,22)17-14(18)4-3-5-15(17)20/h3-8,10H,1-2H3. The second-order valence-corrected chi connectivity index (χ2v) is 7.21. The SMILES string of the molecule is Cc1ccc(C)c(N2C=C(C#N)S(=O)(=O)c3c(F)cccc32)c1. The molecule has 1 heterocycles. The maximum atomic E-state index is 14.2. The van der Waals surface area contributed by atoms with Crippen LogP contribution >= 0.6 is 0 Å². The van der Waals surface area contributed by atoms with Gasteiger partial charge in [-0.25, -0.2) is 12.8 Å². The van der Waals surface area contributed by atoms with Crippen LogP contribution in [-0.2, 0) is 9.84 Å². The first-order chi connectivity index (χ1) is 10.9. The molecule has 23 heavy (non-hydrogen) atoms. The molecule has 116 valence electrons. The van der Waals surface area contributed by atoms with Crippen LogP contribution in [0, 0.1) is 31.0 Å². The summed E-state index contributed by atoms with van der Waals surface area (Å²) in [4.78, 5) is 0.622. The van der Waals surface area contributed by atoms with Gasteiger partial charge in [0.25, 0.3) is 0 Å². The first kappa shape index (κ1) is 15.3. The van der Waals surface area contributed by atoms with Crippen LogP contribution in [-0.4, -0.2) is 8.42 Å².